The quantitative estimate of drug-likeness (QED) is 0.220. The van der Waals surface area contributed by atoms with Gasteiger partial charge in [0.2, 0.25) is 0 Å². The van der Waals surface area contributed by atoms with E-state index in [1.165, 1.54) is 34.6 Å². The van der Waals surface area contributed by atoms with Crippen molar-refractivity contribution in [1.29, 1.82) is 0 Å². The highest BCUT2D eigenvalue weighted by atomic mass is 32.2. The maximum atomic E-state index is 11.3. The summed E-state index contributed by atoms with van der Waals surface area (Å²) in [5, 5.41) is 29.6. The van der Waals surface area contributed by atoms with Crippen LogP contribution in [-0.2, 0) is 40.8 Å². The molecule has 50 heavy (non-hydrogen) atoms. The average Bonchev–Trinajstić information content (AvgIpc) is 3.75. The van der Waals surface area contributed by atoms with Crippen LogP contribution in [0.25, 0.3) is 11.1 Å². The molecule has 0 spiro atoms. The molecular weight excluding hydrogens is 741 g/mol. The van der Waals surface area contributed by atoms with Crippen LogP contribution in [0.15, 0.2) is 12.2 Å². The van der Waals surface area contributed by atoms with Crippen molar-refractivity contribution in [3.05, 3.63) is 23.5 Å². The van der Waals surface area contributed by atoms with Crippen molar-refractivity contribution in [2.24, 2.45) is 0 Å². The highest BCUT2D eigenvalue weighted by Gasteiger charge is 2.20. The van der Waals surface area contributed by atoms with E-state index in [1.54, 1.807) is 0 Å². The summed E-state index contributed by atoms with van der Waals surface area (Å²) in [4.78, 5) is 40.9. The zero-order chi connectivity index (χ0) is 37.6. The molecule has 2 aromatic rings. The van der Waals surface area contributed by atoms with E-state index in [-0.39, 0.29) is 0 Å². The summed E-state index contributed by atoms with van der Waals surface area (Å²) in [5.41, 5.74) is 4.04. The van der Waals surface area contributed by atoms with Crippen molar-refractivity contribution in [1.82, 2.24) is 27.3 Å². The number of carboxylic acid groups (broad SMARTS) is 4. The van der Waals surface area contributed by atoms with Gasteiger partial charge in [0.25, 0.3) is 11.8 Å². The maximum Gasteiger partial charge on any atom is 0.414 e. The second-order valence-electron chi connectivity index (χ2n) is 10.1. The lowest BCUT2D eigenvalue weighted by molar-refractivity contribution is -0.159. The Labute approximate surface area is 302 Å². The molecule has 2 aromatic heterocycles. The first-order valence-electron chi connectivity index (χ1n) is 15.0. The Morgan fingerprint density at radius 2 is 1.02 bits per heavy atom. The molecule has 0 bridgehead atoms. The molecule has 0 amide bonds. The summed E-state index contributed by atoms with van der Waals surface area (Å²) in [6, 6.07) is 0. The van der Waals surface area contributed by atoms with Gasteiger partial charge < -0.3 is 39.7 Å². The Morgan fingerprint density at radius 3 is 1.30 bits per heavy atom. The predicted molar refractivity (Wildman–Crippen MR) is 189 cm³/mol. The highest BCUT2D eigenvalue weighted by Crippen LogP contribution is 2.28. The summed E-state index contributed by atoms with van der Waals surface area (Å²) in [6.07, 6.45) is 6.47. The van der Waals surface area contributed by atoms with E-state index in [4.69, 9.17) is 49.1 Å². The molecule has 4 heterocycles. The van der Waals surface area contributed by atoms with Gasteiger partial charge in [-0.05, 0) is 38.1 Å². The number of hydrogen-bond acceptors (Lipinski definition) is 16. The molecular formula is C28H42N6O12S4. The lowest BCUT2D eigenvalue weighted by Gasteiger charge is -2.22. The van der Waals surface area contributed by atoms with Gasteiger partial charge in [-0.15, -0.1) is 8.75 Å². The number of aliphatic carboxylic acids is 4. The van der Waals surface area contributed by atoms with Crippen molar-refractivity contribution in [2.45, 2.75) is 26.7 Å². The van der Waals surface area contributed by atoms with Crippen LogP contribution in [0.4, 0.5) is 0 Å². The zero-order valence-electron chi connectivity index (χ0n) is 28.0. The largest absolute Gasteiger partial charge is 0.475 e. The molecule has 4 rings (SSSR count). The lowest BCUT2D eigenvalue weighted by Crippen LogP contribution is -2.25. The number of nitrogens with zero attached hydrogens (tertiary/aromatic N) is 6. The number of ether oxygens (including phenoxy) is 2. The molecule has 0 radical (unpaired) electrons. The Bertz CT molecular complexity index is 1380. The molecule has 2 atom stereocenters. The smallest absolute Gasteiger partial charge is 0.414 e. The van der Waals surface area contributed by atoms with Crippen LogP contribution in [0.2, 0.25) is 0 Å². The summed E-state index contributed by atoms with van der Waals surface area (Å²) < 4.78 is 51.0. The Kier molecular flexibility index (Phi) is 21.7. The molecule has 0 fully saturated rings. The van der Waals surface area contributed by atoms with E-state index in [2.05, 4.69) is 53.5 Å². The first kappa shape index (κ1) is 44.3. The molecule has 4 N–H and O–H groups in total. The molecule has 2 unspecified atom stereocenters. The Hall–Kier alpha value is -3.70. The molecule has 0 aromatic carbocycles. The molecule has 2 aliphatic rings. The van der Waals surface area contributed by atoms with Gasteiger partial charge in [-0.25, -0.2) is 19.2 Å². The fraction of sp³-hybridized carbons (Fsp3) is 0.571. The molecule has 0 saturated heterocycles. The minimum absolute atomic E-state index is 0.433. The van der Waals surface area contributed by atoms with Gasteiger partial charge in [0.15, 0.2) is 0 Å². The number of likely N-dealkylation sites (N-methyl/N-ethyl adjacent to an activating group) is 2. The highest BCUT2D eigenvalue weighted by molar-refractivity contribution is 7.85. The van der Waals surface area contributed by atoms with Crippen molar-refractivity contribution >= 4 is 80.1 Å². The minimum Gasteiger partial charge on any atom is -0.475 e. The third-order valence-electron chi connectivity index (χ3n) is 6.32. The molecule has 22 heteroatoms. The van der Waals surface area contributed by atoms with Crippen molar-refractivity contribution in [2.75, 3.05) is 76.5 Å². The van der Waals surface area contributed by atoms with Crippen molar-refractivity contribution in [3.63, 3.8) is 0 Å². The van der Waals surface area contributed by atoms with E-state index < -0.39 is 45.5 Å². The van der Waals surface area contributed by atoms with Crippen molar-refractivity contribution < 1.29 is 57.5 Å². The van der Waals surface area contributed by atoms with Crippen LogP contribution in [0, 0.1) is 0 Å². The van der Waals surface area contributed by atoms with E-state index in [9.17, 15) is 8.42 Å². The third kappa shape index (κ3) is 17.8. The van der Waals surface area contributed by atoms with Gasteiger partial charge in [-0.2, -0.15) is 8.75 Å². The number of carboxylic acids is 4. The minimum atomic E-state index is -1.82. The lowest BCUT2D eigenvalue weighted by atomic mass is 10.1. The second-order valence-corrected chi connectivity index (χ2v) is 14.9. The first-order valence-corrected chi connectivity index (χ1v) is 19.4. The number of carbonyl (C=O) groups is 4. The fourth-order valence-corrected chi connectivity index (χ4v) is 6.00. The van der Waals surface area contributed by atoms with Gasteiger partial charge in [-0.3, -0.25) is 8.42 Å². The zero-order valence-corrected chi connectivity index (χ0v) is 31.3. The normalized spacial score (nSPS) is 15.5. The first-order chi connectivity index (χ1) is 23.7. The summed E-state index contributed by atoms with van der Waals surface area (Å²) in [5.74, 6) is -3.70. The molecule has 0 aliphatic carbocycles. The average molecular weight is 783 g/mol. The van der Waals surface area contributed by atoms with E-state index in [1.807, 2.05) is 13.8 Å². The van der Waals surface area contributed by atoms with Crippen LogP contribution < -0.4 is 9.47 Å². The summed E-state index contributed by atoms with van der Waals surface area (Å²) >= 11 is 2.33. The topological polar surface area (TPSA) is 260 Å². The van der Waals surface area contributed by atoms with Crippen LogP contribution in [0.1, 0.15) is 38.1 Å². The summed E-state index contributed by atoms with van der Waals surface area (Å²) in [7, 11) is 2.59. The molecule has 280 valence electrons. The number of hydrogen-bond donors (Lipinski definition) is 4. The molecule has 18 nitrogen and oxygen atoms in total. The van der Waals surface area contributed by atoms with Crippen LogP contribution in [0.5, 0.6) is 11.8 Å². The van der Waals surface area contributed by atoms with Crippen molar-refractivity contribution in [3.8, 4) is 11.8 Å². The second kappa shape index (κ2) is 24.4. The van der Waals surface area contributed by atoms with Gasteiger partial charge in [0, 0.05) is 59.3 Å². The van der Waals surface area contributed by atoms with Gasteiger partial charge in [0.1, 0.15) is 24.6 Å². The predicted octanol–water partition coefficient (Wildman–Crippen LogP) is 1.12. The number of aromatic nitrogens is 4. The fourth-order valence-electron chi connectivity index (χ4n) is 3.82. The van der Waals surface area contributed by atoms with Gasteiger partial charge >= 0.3 is 23.9 Å². The van der Waals surface area contributed by atoms with Crippen LogP contribution in [0.3, 0.4) is 0 Å². The van der Waals surface area contributed by atoms with Gasteiger partial charge in [0.05, 0.1) is 35.0 Å². The van der Waals surface area contributed by atoms with Gasteiger partial charge in [-0.1, -0.05) is 26.0 Å². The number of rotatable bonds is 12. The Balaban J connectivity index is 0.000000379. The van der Waals surface area contributed by atoms with E-state index in [0.717, 1.165) is 50.4 Å². The van der Waals surface area contributed by atoms with E-state index in [0.29, 0.717) is 48.0 Å². The van der Waals surface area contributed by atoms with Crippen LogP contribution in [-0.4, -0.2) is 157 Å². The van der Waals surface area contributed by atoms with Crippen LogP contribution >= 0.6 is 23.5 Å². The monoisotopic (exact) mass is 782 g/mol. The summed E-state index contributed by atoms with van der Waals surface area (Å²) in [6.45, 7) is 8.60. The van der Waals surface area contributed by atoms with E-state index >= 15 is 0 Å². The standard InChI is InChI=1S/2C12H19N3O2S2.2C2H2O4/c2*1-3-19(16)8-7-17-12-11(13-18-14-12)10-5-4-6-15(2)9-10;2*3-1(4)2(5)6/h2*5H,3-4,6-9H2,1-2H3;2*(H,3,4)(H,5,6). The SMILES string of the molecule is CCS(=O)CCOc1nsnc1C1=CCCN(C)C1.CCS(=O)CCOc1nsnc1C1=CCCN(C)C1.O=C(O)C(=O)O.O=C(O)C(=O)O. The maximum absolute atomic E-state index is 11.3. The molecule has 0 saturated carbocycles. The third-order valence-corrected chi connectivity index (χ3v) is 9.87. The Morgan fingerprint density at radius 1 is 0.680 bits per heavy atom. The molecule has 2 aliphatic heterocycles.